The maximum atomic E-state index is 11.9. The third kappa shape index (κ3) is 2.34. The molecule has 1 amide bonds. The molecule has 2 rings (SSSR count). The molecule has 0 saturated carbocycles. The Labute approximate surface area is 118 Å². The van der Waals surface area contributed by atoms with Crippen LogP contribution >= 0.6 is 22.6 Å². The van der Waals surface area contributed by atoms with E-state index in [2.05, 4.69) is 28.5 Å². The van der Waals surface area contributed by atoms with Gasteiger partial charge >= 0.3 is 5.97 Å². The smallest absolute Gasteiger partial charge is 0.335 e. The maximum absolute atomic E-state index is 11.9. The van der Waals surface area contributed by atoms with Crippen LogP contribution in [0.1, 0.15) is 16.8 Å². The zero-order valence-corrected chi connectivity index (χ0v) is 11.5. The van der Waals surface area contributed by atoms with E-state index in [0.29, 0.717) is 18.7 Å². The normalized spacial score (nSPS) is 18.8. The van der Waals surface area contributed by atoms with Crippen LogP contribution < -0.4 is 4.90 Å². The molecule has 1 aromatic rings. The summed E-state index contributed by atoms with van der Waals surface area (Å²) >= 11 is 2.08. The summed E-state index contributed by atoms with van der Waals surface area (Å²) in [5.41, 5.74) is 0.792. The molecule has 0 spiro atoms. The summed E-state index contributed by atoms with van der Waals surface area (Å²) in [5, 5.41) is 8.97. The molecule has 0 radical (unpaired) electrons. The molecule has 92 valence electrons. The van der Waals surface area contributed by atoms with Crippen LogP contribution in [0.3, 0.4) is 0 Å². The first-order chi connectivity index (χ1) is 8.52. The Kier molecular flexibility index (Phi) is 3.57. The molecule has 1 saturated heterocycles. The van der Waals surface area contributed by atoms with Gasteiger partial charge in [0.15, 0.2) is 0 Å². The lowest BCUT2D eigenvalue weighted by Crippen LogP contribution is -2.25. The van der Waals surface area contributed by atoms with Gasteiger partial charge in [-0.05, 0) is 40.8 Å². The summed E-state index contributed by atoms with van der Waals surface area (Å²) in [7, 11) is 0. The van der Waals surface area contributed by atoms with Crippen molar-refractivity contribution in [1.29, 1.82) is 0 Å². The van der Waals surface area contributed by atoms with E-state index >= 15 is 0 Å². The third-order valence-corrected chi connectivity index (χ3v) is 3.76. The van der Waals surface area contributed by atoms with Crippen molar-refractivity contribution < 1.29 is 14.7 Å². The van der Waals surface area contributed by atoms with Gasteiger partial charge in [-0.25, -0.2) is 4.79 Å². The number of carboxylic acid groups (broad SMARTS) is 1. The molecule has 1 aromatic carbocycles. The molecule has 0 aliphatic carbocycles. The minimum absolute atomic E-state index is 0.0570. The van der Waals surface area contributed by atoms with Gasteiger partial charge in [0.25, 0.3) is 0 Å². The van der Waals surface area contributed by atoms with E-state index in [9.17, 15) is 9.59 Å². The number of rotatable bonds is 2. The van der Waals surface area contributed by atoms with E-state index in [1.165, 1.54) is 12.1 Å². The summed E-state index contributed by atoms with van der Waals surface area (Å²) in [5.74, 6) is 1.41. The number of terminal acetylenes is 1. The Morgan fingerprint density at radius 2 is 2.28 bits per heavy atom. The first-order valence-corrected chi connectivity index (χ1v) is 6.40. The van der Waals surface area contributed by atoms with Gasteiger partial charge in [-0.2, -0.15) is 0 Å². The Hall–Kier alpha value is -1.55. The number of carbonyl (C=O) groups is 2. The minimum Gasteiger partial charge on any atom is -0.478 e. The van der Waals surface area contributed by atoms with E-state index in [4.69, 9.17) is 11.5 Å². The molecule has 1 unspecified atom stereocenters. The van der Waals surface area contributed by atoms with E-state index in [1.807, 2.05) is 0 Å². The summed E-state index contributed by atoms with van der Waals surface area (Å²) < 4.78 is 0.837. The van der Waals surface area contributed by atoms with Crippen LogP contribution in [0.4, 0.5) is 5.69 Å². The molecule has 0 aromatic heterocycles. The summed E-state index contributed by atoms with van der Waals surface area (Å²) in [6, 6.07) is 4.73. The lowest BCUT2D eigenvalue weighted by atomic mass is 10.1. The van der Waals surface area contributed by atoms with E-state index in [1.54, 1.807) is 11.0 Å². The number of benzene rings is 1. The van der Waals surface area contributed by atoms with Crippen molar-refractivity contribution in [2.45, 2.75) is 6.42 Å². The Morgan fingerprint density at radius 3 is 2.83 bits per heavy atom. The molecular weight excluding hydrogens is 345 g/mol. The first kappa shape index (κ1) is 12.9. The standard InChI is InChI=1S/C13H10INO3/c1-2-8-5-12(16)15(7-8)11-6-9(13(17)18)3-4-10(11)14/h1,3-4,6,8H,5,7H2,(H,17,18). The van der Waals surface area contributed by atoms with Crippen LogP contribution in [0.2, 0.25) is 0 Å². The summed E-state index contributed by atoms with van der Waals surface area (Å²) in [6.45, 7) is 0.453. The largest absolute Gasteiger partial charge is 0.478 e. The van der Waals surface area contributed by atoms with Gasteiger partial charge in [-0.1, -0.05) is 0 Å². The maximum Gasteiger partial charge on any atom is 0.335 e. The van der Waals surface area contributed by atoms with Gasteiger partial charge in [0, 0.05) is 22.5 Å². The number of hydrogen-bond acceptors (Lipinski definition) is 2. The van der Waals surface area contributed by atoms with Crippen molar-refractivity contribution in [3.05, 3.63) is 27.3 Å². The quantitative estimate of drug-likeness (QED) is 0.652. The van der Waals surface area contributed by atoms with Crippen molar-refractivity contribution in [3.63, 3.8) is 0 Å². The number of amides is 1. The Morgan fingerprint density at radius 1 is 1.56 bits per heavy atom. The summed E-state index contributed by atoms with van der Waals surface area (Å²) in [4.78, 5) is 24.4. The molecule has 1 fully saturated rings. The molecule has 1 N–H and O–H groups in total. The van der Waals surface area contributed by atoms with Gasteiger partial charge in [-0.15, -0.1) is 12.3 Å². The van der Waals surface area contributed by atoms with E-state index in [-0.39, 0.29) is 17.4 Å². The van der Waals surface area contributed by atoms with Gasteiger partial charge < -0.3 is 10.0 Å². The highest BCUT2D eigenvalue weighted by Gasteiger charge is 2.30. The van der Waals surface area contributed by atoms with Crippen molar-refractivity contribution in [2.75, 3.05) is 11.4 Å². The van der Waals surface area contributed by atoms with Gasteiger partial charge in [0.1, 0.15) is 0 Å². The average molecular weight is 355 g/mol. The highest BCUT2D eigenvalue weighted by Crippen LogP contribution is 2.29. The lowest BCUT2D eigenvalue weighted by Gasteiger charge is -2.18. The molecule has 0 bridgehead atoms. The molecule has 1 atom stereocenters. The molecule has 5 heteroatoms. The SMILES string of the molecule is C#CC1CC(=O)N(c2cc(C(=O)O)ccc2I)C1. The van der Waals surface area contributed by atoms with Crippen LogP contribution in [0.5, 0.6) is 0 Å². The fraction of sp³-hybridized carbons (Fsp3) is 0.231. The lowest BCUT2D eigenvalue weighted by molar-refractivity contribution is -0.117. The second-order valence-electron chi connectivity index (χ2n) is 4.04. The fourth-order valence-corrected chi connectivity index (χ4v) is 2.53. The molecule has 1 heterocycles. The molecule has 1 aliphatic heterocycles. The molecule has 18 heavy (non-hydrogen) atoms. The number of nitrogens with zero attached hydrogens (tertiary/aromatic N) is 1. The average Bonchev–Trinajstić information content (AvgIpc) is 2.71. The van der Waals surface area contributed by atoms with E-state index in [0.717, 1.165) is 3.57 Å². The van der Waals surface area contributed by atoms with Crippen LogP contribution in [-0.2, 0) is 4.79 Å². The predicted octanol–water partition coefficient (Wildman–Crippen LogP) is 1.98. The number of carboxylic acids is 1. The monoisotopic (exact) mass is 355 g/mol. The number of anilines is 1. The minimum atomic E-state index is -1.01. The Bertz CT molecular complexity index is 562. The van der Waals surface area contributed by atoms with Crippen LogP contribution in [0, 0.1) is 21.8 Å². The number of aromatic carboxylic acids is 1. The highest BCUT2D eigenvalue weighted by molar-refractivity contribution is 14.1. The van der Waals surface area contributed by atoms with Crippen molar-refractivity contribution in [2.24, 2.45) is 5.92 Å². The molecule has 4 nitrogen and oxygen atoms in total. The number of carbonyl (C=O) groups excluding carboxylic acids is 1. The zero-order chi connectivity index (χ0) is 13.3. The first-order valence-electron chi connectivity index (χ1n) is 5.32. The highest BCUT2D eigenvalue weighted by atomic mass is 127. The van der Waals surface area contributed by atoms with Crippen LogP contribution in [0.15, 0.2) is 18.2 Å². The number of hydrogen-bond donors (Lipinski definition) is 1. The van der Waals surface area contributed by atoms with Crippen molar-refractivity contribution >= 4 is 40.2 Å². The second-order valence-corrected chi connectivity index (χ2v) is 5.21. The Balaban J connectivity index is 2.39. The fourth-order valence-electron chi connectivity index (χ4n) is 1.90. The zero-order valence-electron chi connectivity index (χ0n) is 9.39. The topological polar surface area (TPSA) is 57.6 Å². The second kappa shape index (κ2) is 4.98. The summed E-state index contributed by atoms with van der Waals surface area (Å²) in [6.07, 6.45) is 5.65. The predicted molar refractivity (Wildman–Crippen MR) is 75.4 cm³/mol. The van der Waals surface area contributed by atoms with Gasteiger partial charge in [0.05, 0.1) is 11.3 Å². The van der Waals surface area contributed by atoms with Crippen molar-refractivity contribution in [3.8, 4) is 12.3 Å². The van der Waals surface area contributed by atoms with Gasteiger partial charge in [0.2, 0.25) is 5.91 Å². The van der Waals surface area contributed by atoms with Gasteiger partial charge in [-0.3, -0.25) is 4.79 Å². The molecular formula is C13H10INO3. The van der Waals surface area contributed by atoms with Crippen LogP contribution in [0.25, 0.3) is 0 Å². The van der Waals surface area contributed by atoms with Crippen molar-refractivity contribution in [1.82, 2.24) is 0 Å². The van der Waals surface area contributed by atoms with Crippen LogP contribution in [-0.4, -0.2) is 23.5 Å². The third-order valence-electron chi connectivity index (χ3n) is 2.84. The number of halogens is 1. The molecule has 1 aliphatic rings. The van der Waals surface area contributed by atoms with E-state index < -0.39 is 5.97 Å².